The quantitative estimate of drug-likeness (QED) is 0.457. The van der Waals surface area contributed by atoms with Crippen LogP contribution in [0.4, 0.5) is 13.2 Å². The fourth-order valence-corrected chi connectivity index (χ4v) is 1.96. The fourth-order valence-electron chi connectivity index (χ4n) is 1.51. The highest BCUT2D eigenvalue weighted by molar-refractivity contribution is 7.87. The van der Waals surface area contributed by atoms with E-state index in [9.17, 15) is 21.6 Å². The van der Waals surface area contributed by atoms with Crippen molar-refractivity contribution in [2.75, 3.05) is 0 Å². The summed E-state index contributed by atoms with van der Waals surface area (Å²) in [7, 11) is -5.59. The first-order valence-electron chi connectivity index (χ1n) is 5.86. The zero-order valence-corrected chi connectivity index (χ0v) is 11.2. The third-order valence-electron chi connectivity index (χ3n) is 2.46. The summed E-state index contributed by atoms with van der Waals surface area (Å²) in [6.07, 6.45) is 3.60. The molecule has 3 nitrogen and oxygen atoms in total. The van der Waals surface area contributed by atoms with Crippen LogP contribution in [-0.4, -0.2) is 13.9 Å². The second kappa shape index (κ2) is 6.27. The van der Waals surface area contributed by atoms with Gasteiger partial charge < -0.3 is 4.18 Å². The molecule has 0 fully saturated rings. The molecule has 0 bridgehead atoms. The van der Waals surface area contributed by atoms with Gasteiger partial charge in [-0.3, -0.25) is 0 Å². The van der Waals surface area contributed by atoms with E-state index in [0.717, 1.165) is 24.8 Å². The molecule has 0 spiro atoms. The minimum atomic E-state index is -5.59. The van der Waals surface area contributed by atoms with Crippen molar-refractivity contribution >= 4 is 10.1 Å². The van der Waals surface area contributed by atoms with Crippen LogP contribution in [0.3, 0.4) is 0 Å². The van der Waals surface area contributed by atoms with Gasteiger partial charge in [-0.1, -0.05) is 31.9 Å². The van der Waals surface area contributed by atoms with E-state index >= 15 is 0 Å². The molecule has 0 atom stereocenters. The van der Waals surface area contributed by atoms with Gasteiger partial charge in [-0.2, -0.15) is 21.6 Å². The number of hydrogen-bond donors (Lipinski definition) is 0. The molecule has 0 saturated carbocycles. The van der Waals surface area contributed by atoms with E-state index < -0.39 is 15.6 Å². The van der Waals surface area contributed by atoms with Gasteiger partial charge in [-0.25, -0.2) is 0 Å². The Hall–Kier alpha value is -1.24. The maximum absolute atomic E-state index is 12.2. The van der Waals surface area contributed by atoms with Crippen molar-refractivity contribution in [3.8, 4) is 5.75 Å². The first-order chi connectivity index (χ1) is 8.76. The number of benzene rings is 1. The van der Waals surface area contributed by atoms with Crippen LogP contribution in [-0.2, 0) is 16.5 Å². The van der Waals surface area contributed by atoms with Crippen LogP contribution in [0.5, 0.6) is 5.75 Å². The Morgan fingerprint density at radius 1 is 1.21 bits per heavy atom. The Morgan fingerprint density at radius 3 is 2.47 bits per heavy atom. The van der Waals surface area contributed by atoms with Gasteiger partial charge >= 0.3 is 15.6 Å². The highest BCUT2D eigenvalue weighted by Crippen LogP contribution is 2.27. The predicted octanol–water partition coefficient (Wildman–Crippen LogP) is 3.65. The van der Waals surface area contributed by atoms with Crippen molar-refractivity contribution in [2.45, 2.75) is 38.1 Å². The van der Waals surface area contributed by atoms with Crippen molar-refractivity contribution in [1.29, 1.82) is 0 Å². The second-order valence-electron chi connectivity index (χ2n) is 4.09. The molecule has 7 heteroatoms. The highest BCUT2D eigenvalue weighted by Gasteiger charge is 2.48. The summed E-state index contributed by atoms with van der Waals surface area (Å²) in [4.78, 5) is 0. The lowest BCUT2D eigenvalue weighted by atomic mass is 10.1. The molecule has 1 rings (SSSR count). The number of unbranched alkanes of at least 4 members (excludes halogenated alkanes) is 2. The van der Waals surface area contributed by atoms with Crippen LogP contribution in [0.15, 0.2) is 24.3 Å². The van der Waals surface area contributed by atoms with Crippen LogP contribution >= 0.6 is 0 Å². The molecule has 108 valence electrons. The Labute approximate surface area is 110 Å². The lowest BCUT2D eigenvalue weighted by molar-refractivity contribution is -0.0500. The Balaban J connectivity index is 2.78. The fraction of sp³-hybridized carbons (Fsp3) is 0.500. The average molecular weight is 296 g/mol. The smallest absolute Gasteiger partial charge is 0.376 e. The minimum Gasteiger partial charge on any atom is -0.376 e. The van der Waals surface area contributed by atoms with Crippen molar-refractivity contribution < 1.29 is 25.8 Å². The molecule has 0 heterocycles. The molecule has 0 N–H and O–H groups in total. The topological polar surface area (TPSA) is 43.4 Å². The number of rotatable bonds is 6. The van der Waals surface area contributed by atoms with Gasteiger partial charge in [-0.05, 0) is 30.5 Å². The van der Waals surface area contributed by atoms with Gasteiger partial charge in [0.1, 0.15) is 5.75 Å². The maximum atomic E-state index is 12.2. The number of halogens is 3. The number of hydrogen-bond acceptors (Lipinski definition) is 3. The van der Waals surface area contributed by atoms with Gasteiger partial charge in [0.05, 0.1) is 0 Å². The third-order valence-corrected chi connectivity index (χ3v) is 3.44. The summed E-state index contributed by atoms with van der Waals surface area (Å²) >= 11 is 0. The molecular weight excluding hydrogens is 281 g/mol. The first-order valence-corrected chi connectivity index (χ1v) is 7.27. The molecule has 0 aliphatic rings. The molecule has 0 aliphatic carbocycles. The molecule has 1 aromatic rings. The Morgan fingerprint density at radius 2 is 1.89 bits per heavy atom. The van der Waals surface area contributed by atoms with Crippen LogP contribution < -0.4 is 4.18 Å². The van der Waals surface area contributed by atoms with E-state index in [1.54, 1.807) is 6.07 Å². The van der Waals surface area contributed by atoms with Crippen molar-refractivity contribution in [1.82, 2.24) is 0 Å². The molecule has 1 aromatic carbocycles. The van der Waals surface area contributed by atoms with E-state index in [2.05, 4.69) is 4.18 Å². The lowest BCUT2D eigenvalue weighted by Crippen LogP contribution is -2.28. The molecule has 0 unspecified atom stereocenters. The zero-order valence-electron chi connectivity index (χ0n) is 10.4. The molecule has 0 amide bonds. The van der Waals surface area contributed by atoms with Gasteiger partial charge in [0.2, 0.25) is 0 Å². The normalized spacial score (nSPS) is 12.4. The molecule has 0 radical (unpaired) electrons. The van der Waals surface area contributed by atoms with Crippen LogP contribution in [0.1, 0.15) is 31.7 Å². The minimum absolute atomic E-state index is 0.314. The third kappa shape index (κ3) is 4.74. The highest BCUT2D eigenvalue weighted by atomic mass is 32.2. The predicted molar refractivity (Wildman–Crippen MR) is 65.3 cm³/mol. The van der Waals surface area contributed by atoms with Gasteiger partial charge in [0.15, 0.2) is 0 Å². The molecule has 0 aliphatic heterocycles. The Bertz CT molecular complexity index is 509. The number of aryl methyl sites for hydroxylation is 1. The summed E-state index contributed by atoms with van der Waals surface area (Å²) in [5.41, 5.74) is -4.66. The van der Waals surface area contributed by atoms with E-state index in [-0.39, 0.29) is 5.75 Å². The Kier molecular flexibility index (Phi) is 5.22. The van der Waals surface area contributed by atoms with Gasteiger partial charge in [0.25, 0.3) is 0 Å². The van der Waals surface area contributed by atoms with E-state index in [1.807, 2.05) is 6.92 Å². The second-order valence-corrected chi connectivity index (χ2v) is 5.63. The summed E-state index contributed by atoms with van der Waals surface area (Å²) in [6.45, 7) is 2.04. The SMILES string of the molecule is CCCCCc1cccc(OS(=O)(=O)C(F)(F)F)c1. The monoisotopic (exact) mass is 296 g/mol. The van der Waals surface area contributed by atoms with Crippen LogP contribution in [0, 0.1) is 0 Å². The summed E-state index contributed by atoms with van der Waals surface area (Å²) < 4.78 is 62.2. The van der Waals surface area contributed by atoms with Crippen LogP contribution in [0.25, 0.3) is 0 Å². The first kappa shape index (κ1) is 15.8. The summed E-state index contributed by atoms with van der Waals surface area (Å²) in [6, 6.07) is 5.71. The molecule has 19 heavy (non-hydrogen) atoms. The van der Waals surface area contributed by atoms with Gasteiger partial charge in [-0.15, -0.1) is 0 Å². The number of alkyl halides is 3. The van der Waals surface area contributed by atoms with Gasteiger partial charge in [0, 0.05) is 0 Å². The maximum Gasteiger partial charge on any atom is 0.534 e. The molecular formula is C12H15F3O3S. The van der Waals surface area contributed by atoms with E-state index in [0.29, 0.717) is 6.42 Å². The van der Waals surface area contributed by atoms with Crippen molar-refractivity contribution in [3.63, 3.8) is 0 Å². The van der Waals surface area contributed by atoms with E-state index in [4.69, 9.17) is 0 Å². The lowest BCUT2D eigenvalue weighted by Gasteiger charge is -2.10. The summed E-state index contributed by atoms with van der Waals surface area (Å²) in [5, 5.41) is 0. The van der Waals surface area contributed by atoms with Crippen molar-refractivity contribution in [2.24, 2.45) is 0 Å². The molecule has 0 saturated heterocycles. The largest absolute Gasteiger partial charge is 0.534 e. The van der Waals surface area contributed by atoms with Crippen molar-refractivity contribution in [3.05, 3.63) is 29.8 Å². The molecule has 0 aromatic heterocycles. The summed E-state index contributed by atoms with van der Waals surface area (Å²) in [5.74, 6) is -0.314. The van der Waals surface area contributed by atoms with Crippen LogP contribution in [0.2, 0.25) is 0 Å². The average Bonchev–Trinajstić information content (AvgIpc) is 2.27. The zero-order chi connectivity index (χ0) is 14.5. The standard InChI is InChI=1S/C12H15F3O3S/c1-2-3-4-6-10-7-5-8-11(9-10)18-19(16,17)12(13,14)15/h5,7-9H,2-4,6H2,1H3. The van der Waals surface area contributed by atoms with E-state index in [1.165, 1.54) is 18.2 Å².